The Hall–Kier alpha value is -1.17. The highest BCUT2D eigenvalue weighted by Crippen LogP contribution is 2.19. The molecule has 1 aromatic heterocycles. The van der Waals surface area contributed by atoms with Crippen LogP contribution < -0.4 is 5.32 Å². The highest BCUT2D eigenvalue weighted by Gasteiger charge is 2.08. The Kier molecular flexibility index (Phi) is 5.34. The van der Waals surface area contributed by atoms with Crippen molar-refractivity contribution >= 4 is 33.2 Å². The quantitative estimate of drug-likeness (QED) is 0.826. The largest absolute Gasteiger partial charge is 0.478 e. The fourth-order valence-electron chi connectivity index (χ4n) is 1.94. The lowest BCUT2D eigenvalue weighted by atomic mass is 10.1. The molecule has 0 aliphatic carbocycles. The molecule has 0 saturated heterocycles. The maximum absolute atomic E-state index is 10.9. The van der Waals surface area contributed by atoms with Crippen LogP contribution in [0.5, 0.6) is 0 Å². The Bertz CT molecular complexity index is 584. The van der Waals surface area contributed by atoms with Crippen LogP contribution in [0.4, 0.5) is 0 Å². The topological polar surface area (TPSA) is 49.3 Å². The van der Waals surface area contributed by atoms with E-state index in [4.69, 9.17) is 5.11 Å². The van der Waals surface area contributed by atoms with Crippen LogP contribution >= 0.6 is 27.3 Å². The fourth-order valence-corrected chi connectivity index (χ4v) is 3.14. The zero-order valence-electron chi connectivity index (χ0n) is 11.1. The van der Waals surface area contributed by atoms with Crippen LogP contribution in [0, 0.1) is 0 Å². The van der Waals surface area contributed by atoms with Crippen molar-refractivity contribution in [3.05, 3.63) is 56.2 Å². The number of carboxylic acids is 1. The van der Waals surface area contributed by atoms with Gasteiger partial charge in [-0.1, -0.05) is 22.0 Å². The molecule has 2 aromatic rings. The number of hydrogen-bond acceptors (Lipinski definition) is 3. The lowest BCUT2D eigenvalue weighted by Crippen LogP contribution is -2.27. The number of rotatable bonds is 6. The van der Waals surface area contributed by atoms with E-state index in [9.17, 15) is 4.79 Å². The Balaban J connectivity index is 1.92. The van der Waals surface area contributed by atoms with Crippen molar-refractivity contribution in [2.45, 2.75) is 25.9 Å². The molecule has 1 atom stereocenters. The summed E-state index contributed by atoms with van der Waals surface area (Å²) in [6.07, 6.45) is 0.994. The molecule has 0 radical (unpaired) electrons. The standard InChI is InChI=1S/C15H16BrNO2S/c1-10(6-11-4-5-20-9-11)17-8-13-3-2-12(15(18)19)7-14(13)16/h2-5,7,9-10,17H,6,8H2,1H3,(H,18,19). The number of carboxylic acid groups (broad SMARTS) is 1. The van der Waals surface area contributed by atoms with E-state index >= 15 is 0 Å². The normalized spacial score (nSPS) is 12.3. The molecule has 1 heterocycles. The first-order valence-electron chi connectivity index (χ1n) is 6.32. The zero-order chi connectivity index (χ0) is 14.5. The number of benzene rings is 1. The smallest absolute Gasteiger partial charge is 0.335 e. The molecule has 2 N–H and O–H groups in total. The van der Waals surface area contributed by atoms with Crippen LogP contribution in [0.1, 0.15) is 28.4 Å². The van der Waals surface area contributed by atoms with Gasteiger partial charge >= 0.3 is 5.97 Å². The van der Waals surface area contributed by atoms with Gasteiger partial charge in [-0.3, -0.25) is 0 Å². The lowest BCUT2D eigenvalue weighted by Gasteiger charge is -2.14. The van der Waals surface area contributed by atoms with Gasteiger partial charge in [0.25, 0.3) is 0 Å². The minimum absolute atomic E-state index is 0.298. The summed E-state index contributed by atoms with van der Waals surface area (Å²) >= 11 is 5.14. The summed E-state index contributed by atoms with van der Waals surface area (Å²) < 4.78 is 0.827. The second kappa shape index (κ2) is 7.02. The Labute approximate surface area is 130 Å². The van der Waals surface area contributed by atoms with Crippen LogP contribution in [-0.2, 0) is 13.0 Å². The van der Waals surface area contributed by atoms with Gasteiger partial charge in [0.05, 0.1) is 5.56 Å². The summed E-state index contributed by atoms with van der Waals surface area (Å²) in [7, 11) is 0. The highest BCUT2D eigenvalue weighted by molar-refractivity contribution is 9.10. The molecule has 0 amide bonds. The van der Waals surface area contributed by atoms with Gasteiger partial charge in [0.2, 0.25) is 0 Å². The van der Waals surface area contributed by atoms with Crippen LogP contribution in [0.15, 0.2) is 39.5 Å². The van der Waals surface area contributed by atoms with E-state index in [0.29, 0.717) is 18.2 Å². The molecule has 2 rings (SSSR count). The summed E-state index contributed by atoms with van der Waals surface area (Å²) in [5, 5.41) is 16.6. The molecule has 0 aliphatic rings. The van der Waals surface area contributed by atoms with E-state index in [1.54, 1.807) is 23.5 Å². The molecule has 0 aliphatic heterocycles. The molecule has 20 heavy (non-hydrogen) atoms. The van der Waals surface area contributed by atoms with E-state index in [1.807, 2.05) is 6.07 Å². The van der Waals surface area contributed by atoms with Gasteiger partial charge < -0.3 is 10.4 Å². The van der Waals surface area contributed by atoms with Gasteiger partial charge in [-0.15, -0.1) is 0 Å². The summed E-state index contributed by atoms with van der Waals surface area (Å²) in [5.41, 5.74) is 2.70. The van der Waals surface area contributed by atoms with Crippen LogP contribution in [-0.4, -0.2) is 17.1 Å². The average molecular weight is 354 g/mol. The van der Waals surface area contributed by atoms with Gasteiger partial charge in [0, 0.05) is 17.1 Å². The molecule has 5 heteroatoms. The SMILES string of the molecule is CC(Cc1ccsc1)NCc1ccc(C(=O)O)cc1Br. The van der Waals surface area contributed by atoms with Crippen molar-refractivity contribution in [3.8, 4) is 0 Å². The molecule has 106 valence electrons. The van der Waals surface area contributed by atoms with Gasteiger partial charge in [0.15, 0.2) is 0 Å². The van der Waals surface area contributed by atoms with Gasteiger partial charge in [-0.25, -0.2) is 4.79 Å². The number of halogens is 1. The van der Waals surface area contributed by atoms with Crippen molar-refractivity contribution in [3.63, 3.8) is 0 Å². The number of nitrogens with one attached hydrogen (secondary N) is 1. The molecule has 1 aromatic carbocycles. The zero-order valence-corrected chi connectivity index (χ0v) is 13.5. The molecule has 3 nitrogen and oxygen atoms in total. The second-order valence-corrected chi connectivity index (χ2v) is 6.36. The average Bonchev–Trinajstić information content (AvgIpc) is 2.90. The first-order valence-corrected chi connectivity index (χ1v) is 8.06. The number of hydrogen-bond donors (Lipinski definition) is 2. The van der Waals surface area contributed by atoms with Crippen molar-refractivity contribution in [2.24, 2.45) is 0 Å². The molecular weight excluding hydrogens is 338 g/mol. The Morgan fingerprint density at radius 3 is 2.85 bits per heavy atom. The fraction of sp³-hybridized carbons (Fsp3) is 0.267. The maximum atomic E-state index is 10.9. The molecular formula is C15H16BrNO2S. The van der Waals surface area contributed by atoms with E-state index in [0.717, 1.165) is 16.5 Å². The third-order valence-corrected chi connectivity index (χ3v) is 4.53. The third-order valence-electron chi connectivity index (χ3n) is 3.06. The number of thiophene rings is 1. The highest BCUT2D eigenvalue weighted by atomic mass is 79.9. The minimum atomic E-state index is -0.906. The number of carbonyl (C=O) groups is 1. The van der Waals surface area contributed by atoms with E-state index < -0.39 is 5.97 Å². The van der Waals surface area contributed by atoms with Gasteiger partial charge in [0.1, 0.15) is 0 Å². The van der Waals surface area contributed by atoms with Gasteiger partial charge in [-0.05, 0) is 53.4 Å². The molecule has 1 unspecified atom stereocenters. The monoisotopic (exact) mass is 353 g/mol. The summed E-state index contributed by atoms with van der Waals surface area (Å²) in [6, 6.07) is 7.63. The van der Waals surface area contributed by atoms with Crippen LogP contribution in [0.25, 0.3) is 0 Å². The number of aromatic carboxylic acids is 1. The van der Waals surface area contributed by atoms with E-state index in [1.165, 1.54) is 5.56 Å². The maximum Gasteiger partial charge on any atom is 0.335 e. The predicted molar refractivity (Wildman–Crippen MR) is 85.4 cm³/mol. The Morgan fingerprint density at radius 2 is 2.25 bits per heavy atom. The van der Waals surface area contributed by atoms with Gasteiger partial charge in [-0.2, -0.15) is 11.3 Å². The molecule has 0 bridgehead atoms. The van der Waals surface area contributed by atoms with Crippen molar-refractivity contribution in [1.29, 1.82) is 0 Å². The summed E-state index contributed by atoms with van der Waals surface area (Å²) in [4.78, 5) is 10.9. The van der Waals surface area contributed by atoms with Crippen LogP contribution in [0.3, 0.4) is 0 Å². The van der Waals surface area contributed by atoms with Crippen molar-refractivity contribution in [1.82, 2.24) is 5.32 Å². The molecule has 0 spiro atoms. The minimum Gasteiger partial charge on any atom is -0.478 e. The van der Waals surface area contributed by atoms with Crippen molar-refractivity contribution in [2.75, 3.05) is 0 Å². The van der Waals surface area contributed by atoms with E-state index in [2.05, 4.69) is 45.0 Å². The lowest BCUT2D eigenvalue weighted by molar-refractivity contribution is 0.0697. The summed E-state index contributed by atoms with van der Waals surface area (Å²) in [6.45, 7) is 2.86. The van der Waals surface area contributed by atoms with Crippen LogP contribution in [0.2, 0.25) is 0 Å². The first kappa shape index (κ1) is 15.2. The molecule has 0 saturated carbocycles. The predicted octanol–water partition coefficient (Wildman–Crippen LogP) is 3.93. The third kappa shape index (κ3) is 4.16. The molecule has 0 fully saturated rings. The summed E-state index contributed by atoms with van der Waals surface area (Å²) in [5.74, 6) is -0.906. The van der Waals surface area contributed by atoms with Crippen molar-refractivity contribution < 1.29 is 9.90 Å². The second-order valence-electron chi connectivity index (χ2n) is 4.73. The van der Waals surface area contributed by atoms with E-state index in [-0.39, 0.29) is 0 Å². The first-order chi connectivity index (χ1) is 9.56. The Morgan fingerprint density at radius 1 is 1.45 bits per heavy atom.